The van der Waals surface area contributed by atoms with Crippen LogP contribution in [0.15, 0.2) is 0 Å². The van der Waals surface area contributed by atoms with Gasteiger partial charge in [0.15, 0.2) is 0 Å². The first-order valence-corrected chi connectivity index (χ1v) is 8.00. The fourth-order valence-electron chi connectivity index (χ4n) is 3.63. The molecule has 2 rings (SSSR count). The van der Waals surface area contributed by atoms with Crippen LogP contribution < -0.4 is 0 Å². The third-order valence-corrected chi connectivity index (χ3v) is 5.16. The van der Waals surface area contributed by atoms with Gasteiger partial charge in [0.1, 0.15) is 0 Å². The summed E-state index contributed by atoms with van der Waals surface area (Å²) in [5.74, 6) is 1.01. The summed E-state index contributed by atoms with van der Waals surface area (Å²) in [6.45, 7) is 14.7. The minimum Gasteiger partial charge on any atom is -0.300 e. The third kappa shape index (κ3) is 3.48. The quantitative estimate of drug-likeness (QED) is 0.743. The molecule has 0 amide bonds. The van der Waals surface area contributed by atoms with Gasteiger partial charge in [-0.1, -0.05) is 13.3 Å². The molecule has 0 bridgehead atoms. The van der Waals surface area contributed by atoms with Crippen LogP contribution in [0.4, 0.5) is 0 Å². The second kappa shape index (κ2) is 5.92. The Morgan fingerprint density at radius 2 is 1.44 bits per heavy atom. The number of hydrogen-bond acceptors (Lipinski definition) is 2. The van der Waals surface area contributed by atoms with Crippen LogP contribution in [0.5, 0.6) is 0 Å². The van der Waals surface area contributed by atoms with Gasteiger partial charge in [0.25, 0.3) is 0 Å². The SMILES string of the molecule is CCC1CCN(C2CCN(C(C)(C)C)CC2)CC1. The van der Waals surface area contributed by atoms with Crippen molar-refractivity contribution in [1.82, 2.24) is 9.80 Å². The number of likely N-dealkylation sites (tertiary alicyclic amines) is 2. The Kier molecular flexibility index (Phi) is 4.71. The molecule has 2 aliphatic heterocycles. The van der Waals surface area contributed by atoms with Crippen LogP contribution in [-0.4, -0.2) is 47.6 Å². The molecule has 2 saturated heterocycles. The van der Waals surface area contributed by atoms with Crippen LogP contribution in [0, 0.1) is 5.92 Å². The van der Waals surface area contributed by atoms with Crippen LogP contribution in [0.2, 0.25) is 0 Å². The van der Waals surface area contributed by atoms with Crippen molar-refractivity contribution < 1.29 is 0 Å². The summed E-state index contributed by atoms with van der Waals surface area (Å²) < 4.78 is 0. The molecule has 0 aromatic carbocycles. The predicted octanol–water partition coefficient (Wildman–Crippen LogP) is 3.37. The highest BCUT2D eigenvalue weighted by Gasteiger charge is 2.31. The Balaban J connectivity index is 1.77. The fraction of sp³-hybridized carbons (Fsp3) is 1.00. The van der Waals surface area contributed by atoms with Gasteiger partial charge in [0, 0.05) is 24.7 Å². The molecule has 2 nitrogen and oxygen atoms in total. The Hall–Kier alpha value is -0.0800. The maximum absolute atomic E-state index is 2.78. The molecule has 2 heteroatoms. The smallest absolute Gasteiger partial charge is 0.0125 e. The highest BCUT2D eigenvalue weighted by atomic mass is 15.2. The van der Waals surface area contributed by atoms with E-state index in [1.54, 1.807) is 0 Å². The van der Waals surface area contributed by atoms with Gasteiger partial charge in [-0.3, -0.25) is 4.90 Å². The molecular weight excluding hydrogens is 220 g/mol. The first-order valence-electron chi connectivity index (χ1n) is 8.00. The average Bonchev–Trinajstić information content (AvgIpc) is 2.38. The minimum atomic E-state index is 0.361. The van der Waals surface area contributed by atoms with Gasteiger partial charge in [-0.05, 0) is 65.5 Å². The van der Waals surface area contributed by atoms with Gasteiger partial charge in [-0.2, -0.15) is 0 Å². The van der Waals surface area contributed by atoms with E-state index in [4.69, 9.17) is 0 Å². The van der Waals surface area contributed by atoms with Crippen molar-refractivity contribution in [2.45, 2.75) is 71.4 Å². The number of rotatable bonds is 2. The molecule has 2 aliphatic rings. The maximum atomic E-state index is 2.78. The first-order chi connectivity index (χ1) is 8.50. The van der Waals surface area contributed by atoms with Crippen LogP contribution in [0.1, 0.15) is 59.8 Å². The normalized spacial score (nSPS) is 26.7. The van der Waals surface area contributed by atoms with Crippen LogP contribution in [0.25, 0.3) is 0 Å². The van der Waals surface area contributed by atoms with E-state index in [2.05, 4.69) is 37.5 Å². The molecule has 0 N–H and O–H groups in total. The molecule has 0 spiro atoms. The second-order valence-corrected chi connectivity index (χ2v) is 7.28. The summed E-state index contributed by atoms with van der Waals surface area (Å²) >= 11 is 0. The molecule has 0 aliphatic carbocycles. The standard InChI is InChI=1S/C16H32N2/c1-5-14-6-10-17(11-7-14)15-8-12-18(13-9-15)16(2,3)4/h14-15H,5-13H2,1-4H3. The zero-order valence-corrected chi connectivity index (χ0v) is 12.9. The Morgan fingerprint density at radius 3 is 1.89 bits per heavy atom. The van der Waals surface area contributed by atoms with Gasteiger partial charge in [0.05, 0.1) is 0 Å². The van der Waals surface area contributed by atoms with Gasteiger partial charge >= 0.3 is 0 Å². The number of hydrogen-bond donors (Lipinski definition) is 0. The van der Waals surface area contributed by atoms with E-state index < -0.39 is 0 Å². The number of piperidine rings is 2. The Labute approximate surface area is 114 Å². The summed E-state index contributed by atoms with van der Waals surface area (Å²) in [6.07, 6.45) is 7.03. The molecule has 0 radical (unpaired) electrons. The molecule has 0 aromatic rings. The molecule has 18 heavy (non-hydrogen) atoms. The fourth-order valence-corrected chi connectivity index (χ4v) is 3.63. The largest absolute Gasteiger partial charge is 0.300 e. The lowest BCUT2D eigenvalue weighted by Crippen LogP contribution is -2.52. The zero-order valence-electron chi connectivity index (χ0n) is 12.9. The molecule has 0 saturated carbocycles. The minimum absolute atomic E-state index is 0.361. The molecule has 0 atom stereocenters. The van der Waals surface area contributed by atoms with Gasteiger partial charge in [0.2, 0.25) is 0 Å². The van der Waals surface area contributed by atoms with Crippen molar-refractivity contribution in [3.63, 3.8) is 0 Å². The van der Waals surface area contributed by atoms with Gasteiger partial charge < -0.3 is 4.90 Å². The molecular formula is C16H32N2. The zero-order chi connectivity index (χ0) is 13.2. The van der Waals surface area contributed by atoms with Crippen LogP contribution in [0.3, 0.4) is 0 Å². The van der Waals surface area contributed by atoms with E-state index >= 15 is 0 Å². The van der Waals surface area contributed by atoms with E-state index in [-0.39, 0.29) is 0 Å². The lowest BCUT2D eigenvalue weighted by Gasteiger charge is -2.45. The molecule has 2 heterocycles. The molecule has 2 fully saturated rings. The van der Waals surface area contributed by atoms with Crippen molar-refractivity contribution in [1.29, 1.82) is 0 Å². The van der Waals surface area contributed by atoms with Gasteiger partial charge in [-0.15, -0.1) is 0 Å². The van der Waals surface area contributed by atoms with E-state index in [1.165, 1.54) is 58.3 Å². The summed E-state index contributed by atoms with van der Waals surface area (Å²) in [4.78, 5) is 5.44. The summed E-state index contributed by atoms with van der Waals surface area (Å²) in [6, 6.07) is 0.876. The Morgan fingerprint density at radius 1 is 0.889 bits per heavy atom. The first kappa shape index (κ1) is 14.3. The maximum Gasteiger partial charge on any atom is 0.0125 e. The van der Waals surface area contributed by atoms with E-state index in [9.17, 15) is 0 Å². The van der Waals surface area contributed by atoms with Gasteiger partial charge in [-0.25, -0.2) is 0 Å². The van der Waals surface area contributed by atoms with E-state index in [1.807, 2.05) is 0 Å². The topological polar surface area (TPSA) is 6.48 Å². The van der Waals surface area contributed by atoms with Crippen molar-refractivity contribution >= 4 is 0 Å². The monoisotopic (exact) mass is 252 g/mol. The van der Waals surface area contributed by atoms with Crippen molar-refractivity contribution in [3.05, 3.63) is 0 Å². The summed E-state index contributed by atoms with van der Waals surface area (Å²) in [7, 11) is 0. The summed E-state index contributed by atoms with van der Waals surface area (Å²) in [5, 5.41) is 0. The lowest BCUT2D eigenvalue weighted by atomic mass is 9.91. The van der Waals surface area contributed by atoms with Crippen molar-refractivity contribution in [2.24, 2.45) is 5.92 Å². The molecule has 106 valence electrons. The van der Waals surface area contributed by atoms with Crippen LogP contribution >= 0.6 is 0 Å². The highest BCUT2D eigenvalue weighted by molar-refractivity contribution is 4.87. The Bertz CT molecular complexity index is 240. The number of nitrogens with zero attached hydrogens (tertiary/aromatic N) is 2. The van der Waals surface area contributed by atoms with E-state index in [0.717, 1.165) is 12.0 Å². The lowest BCUT2D eigenvalue weighted by molar-refractivity contribution is 0.0414. The molecule has 0 aromatic heterocycles. The van der Waals surface area contributed by atoms with E-state index in [0.29, 0.717) is 5.54 Å². The summed E-state index contributed by atoms with van der Waals surface area (Å²) in [5.41, 5.74) is 0.361. The predicted molar refractivity (Wildman–Crippen MR) is 78.9 cm³/mol. The van der Waals surface area contributed by atoms with Crippen molar-refractivity contribution in [2.75, 3.05) is 26.2 Å². The second-order valence-electron chi connectivity index (χ2n) is 7.28. The molecule has 0 unspecified atom stereocenters. The highest BCUT2D eigenvalue weighted by Crippen LogP contribution is 2.27. The average molecular weight is 252 g/mol. The van der Waals surface area contributed by atoms with Crippen molar-refractivity contribution in [3.8, 4) is 0 Å². The van der Waals surface area contributed by atoms with Crippen LogP contribution in [-0.2, 0) is 0 Å². The third-order valence-electron chi connectivity index (χ3n) is 5.16.